The molecule has 1 aromatic heterocycles. The van der Waals surface area contributed by atoms with Crippen molar-refractivity contribution in [2.45, 2.75) is 26.4 Å². The van der Waals surface area contributed by atoms with Crippen LogP contribution in [0.1, 0.15) is 31.1 Å². The highest BCUT2D eigenvalue weighted by atomic mass is 32.1. The third-order valence-electron chi connectivity index (χ3n) is 3.31. The molecule has 1 aromatic carbocycles. The Morgan fingerprint density at radius 3 is 2.85 bits per heavy atom. The summed E-state index contributed by atoms with van der Waals surface area (Å²) in [5, 5.41) is 15.5. The molecule has 0 amide bonds. The molecular formula is C15H21N3OS. The molecule has 0 bridgehead atoms. The van der Waals surface area contributed by atoms with Crippen molar-refractivity contribution in [2.24, 2.45) is 0 Å². The first-order valence-corrected chi connectivity index (χ1v) is 7.70. The second-order valence-corrected chi connectivity index (χ2v) is 5.58. The number of thiazole rings is 1. The predicted octanol–water partition coefficient (Wildman–Crippen LogP) is 3.16. The fourth-order valence-electron chi connectivity index (χ4n) is 2.20. The van der Waals surface area contributed by atoms with E-state index in [4.69, 9.17) is 0 Å². The van der Waals surface area contributed by atoms with Gasteiger partial charge in [0.15, 0.2) is 0 Å². The van der Waals surface area contributed by atoms with E-state index < -0.39 is 0 Å². The molecule has 1 heterocycles. The van der Waals surface area contributed by atoms with Crippen LogP contribution >= 0.6 is 11.3 Å². The van der Waals surface area contributed by atoms with E-state index in [-0.39, 0.29) is 6.04 Å². The Bertz CT molecular complexity index is 542. The van der Waals surface area contributed by atoms with Crippen LogP contribution in [0.4, 0.5) is 5.69 Å². The fraction of sp³-hybridized carbons (Fsp3) is 0.400. The molecule has 1 atom stereocenters. The molecule has 2 aromatic rings. The Kier molecular flexibility index (Phi) is 4.98. The van der Waals surface area contributed by atoms with E-state index in [1.54, 1.807) is 11.3 Å². The van der Waals surface area contributed by atoms with Gasteiger partial charge in [0, 0.05) is 35.8 Å². The molecule has 1 unspecified atom stereocenters. The maximum atomic E-state index is 10.2. The topological polar surface area (TPSA) is 48.4 Å². The maximum Gasteiger partial charge on any atom is 0.122 e. The minimum Gasteiger partial charge on any atom is -0.508 e. The largest absolute Gasteiger partial charge is 0.508 e. The Hall–Kier alpha value is -1.59. The maximum absolute atomic E-state index is 10.2. The summed E-state index contributed by atoms with van der Waals surface area (Å²) in [5.41, 5.74) is 4.80. The SMILES string of the molecule is CCNC(C)c1ccc(N(C)Cc2cscn2)cc1O. The van der Waals surface area contributed by atoms with Crippen LogP contribution in [0.25, 0.3) is 0 Å². The lowest BCUT2D eigenvalue weighted by molar-refractivity contribution is 0.454. The van der Waals surface area contributed by atoms with Crippen molar-refractivity contribution in [3.05, 3.63) is 40.3 Å². The van der Waals surface area contributed by atoms with Crippen molar-refractivity contribution in [1.82, 2.24) is 10.3 Å². The minimum atomic E-state index is 0.151. The van der Waals surface area contributed by atoms with Crippen LogP contribution in [0.2, 0.25) is 0 Å². The zero-order valence-electron chi connectivity index (χ0n) is 12.1. The highest BCUT2D eigenvalue weighted by molar-refractivity contribution is 7.07. The first kappa shape index (κ1) is 14.8. The lowest BCUT2D eigenvalue weighted by Crippen LogP contribution is -2.19. The molecule has 0 spiro atoms. The third kappa shape index (κ3) is 3.49. The van der Waals surface area contributed by atoms with Crippen molar-refractivity contribution < 1.29 is 5.11 Å². The van der Waals surface area contributed by atoms with E-state index in [1.165, 1.54) is 0 Å². The van der Waals surface area contributed by atoms with Gasteiger partial charge in [-0.25, -0.2) is 4.98 Å². The van der Waals surface area contributed by atoms with Gasteiger partial charge in [-0.1, -0.05) is 13.0 Å². The number of anilines is 1. The van der Waals surface area contributed by atoms with Gasteiger partial charge in [-0.3, -0.25) is 0 Å². The molecule has 0 saturated heterocycles. The monoisotopic (exact) mass is 291 g/mol. The molecule has 0 saturated carbocycles. The highest BCUT2D eigenvalue weighted by Gasteiger charge is 2.11. The van der Waals surface area contributed by atoms with Crippen molar-refractivity contribution in [3.63, 3.8) is 0 Å². The molecule has 5 heteroatoms. The average Bonchev–Trinajstić information content (AvgIpc) is 2.91. The summed E-state index contributed by atoms with van der Waals surface area (Å²) >= 11 is 1.60. The van der Waals surface area contributed by atoms with Gasteiger partial charge in [-0.2, -0.15) is 0 Å². The van der Waals surface area contributed by atoms with Gasteiger partial charge in [0.05, 0.1) is 17.7 Å². The summed E-state index contributed by atoms with van der Waals surface area (Å²) in [7, 11) is 2.00. The number of phenolic OH excluding ortho intramolecular Hbond substituents is 1. The number of benzene rings is 1. The number of nitrogens with one attached hydrogen (secondary N) is 1. The van der Waals surface area contributed by atoms with E-state index in [9.17, 15) is 5.11 Å². The van der Waals surface area contributed by atoms with Crippen LogP contribution in [0.3, 0.4) is 0 Å². The van der Waals surface area contributed by atoms with Crippen LogP contribution < -0.4 is 10.2 Å². The van der Waals surface area contributed by atoms with Crippen LogP contribution in [-0.4, -0.2) is 23.7 Å². The molecule has 2 rings (SSSR count). The third-order valence-corrected chi connectivity index (χ3v) is 3.95. The molecule has 2 N–H and O–H groups in total. The average molecular weight is 291 g/mol. The second kappa shape index (κ2) is 6.72. The van der Waals surface area contributed by atoms with Gasteiger partial charge in [0.2, 0.25) is 0 Å². The summed E-state index contributed by atoms with van der Waals surface area (Å²) in [6.45, 7) is 5.73. The Labute approximate surface area is 124 Å². The number of hydrogen-bond donors (Lipinski definition) is 2. The van der Waals surface area contributed by atoms with Crippen LogP contribution in [0.5, 0.6) is 5.75 Å². The summed E-state index contributed by atoms with van der Waals surface area (Å²) in [6.07, 6.45) is 0. The van der Waals surface area contributed by atoms with Crippen molar-refractivity contribution >= 4 is 17.0 Å². The number of aromatic hydroxyl groups is 1. The van der Waals surface area contributed by atoms with E-state index in [1.807, 2.05) is 36.1 Å². The zero-order valence-corrected chi connectivity index (χ0v) is 12.9. The molecular weight excluding hydrogens is 270 g/mol. The lowest BCUT2D eigenvalue weighted by Gasteiger charge is -2.21. The van der Waals surface area contributed by atoms with Crippen molar-refractivity contribution in [1.29, 1.82) is 0 Å². The van der Waals surface area contributed by atoms with Gasteiger partial charge in [-0.15, -0.1) is 11.3 Å². The van der Waals surface area contributed by atoms with E-state index in [0.29, 0.717) is 5.75 Å². The van der Waals surface area contributed by atoms with E-state index in [2.05, 4.69) is 29.0 Å². The summed E-state index contributed by atoms with van der Waals surface area (Å²) in [5.74, 6) is 0.334. The fourth-order valence-corrected chi connectivity index (χ4v) is 2.75. The quantitative estimate of drug-likeness (QED) is 0.858. The summed E-state index contributed by atoms with van der Waals surface area (Å²) < 4.78 is 0. The molecule has 0 fully saturated rings. The number of phenols is 1. The van der Waals surface area contributed by atoms with Gasteiger partial charge in [0.1, 0.15) is 5.75 Å². The smallest absolute Gasteiger partial charge is 0.122 e. The first-order valence-electron chi connectivity index (χ1n) is 6.76. The molecule has 0 radical (unpaired) electrons. The second-order valence-electron chi connectivity index (χ2n) is 4.86. The van der Waals surface area contributed by atoms with Crippen LogP contribution in [0, 0.1) is 0 Å². The zero-order chi connectivity index (χ0) is 14.5. The highest BCUT2D eigenvalue weighted by Crippen LogP contribution is 2.29. The lowest BCUT2D eigenvalue weighted by atomic mass is 10.1. The van der Waals surface area contributed by atoms with Crippen LogP contribution in [-0.2, 0) is 6.54 Å². The van der Waals surface area contributed by atoms with E-state index in [0.717, 1.165) is 30.0 Å². The molecule has 0 aliphatic heterocycles. The van der Waals surface area contributed by atoms with Gasteiger partial charge in [0.25, 0.3) is 0 Å². The Balaban J connectivity index is 2.11. The van der Waals surface area contributed by atoms with Gasteiger partial charge >= 0.3 is 0 Å². The Morgan fingerprint density at radius 1 is 1.45 bits per heavy atom. The summed E-state index contributed by atoms with van der Waals surface area (Å²) in [6, 6.07) is 5.98. The minimum absolute atomic E-state index is 0.151. The number of nitrogens with zero attached hydrogens (tertiary/aromatic N) is 2. The Morgan fingerprint density at radius 2 is 2.25 bits per heavy atom. The van der Waals surface area contributed by atoms with Crippen molar-refractivity contribution in [3.8, 4) is 5.75 Å². The van der Waals surface area contributed by atoms with E-state index >= 15 is 0 Å². The molecule has 4 nitrogen and oxygen atoms in total. The number of rotatable bonds is 6. The van der Waals surface area contributed by atoms with Gasteiger partial charge in [-0.05, 0) is 19.5 Å². The van der Waals surface area contributed by atoms with Crippen LogP contribution in [0.15, 0.2) is 29.1 Å². The van der Waals surface area contributed by atoms with Gasteiger partial charge < -0.3 is 15.3 Å². The molecule has 0 aliphatic carbocycles. The summed E-state index contributed by atoms with van der Waals surface area (Å²) in [4.78, 5) is 6.36. The number of aromatic nitrogens is 1. The molecule has 20 heavy (non-hydrogen) atoms. The molecule has 108 valence electrons. The van der Waals surface area contributed by atoms with Crippen molar-refractivity contribution in [2.75, 3.05) is 18.5 Å². The normalized spacial score (nSPS) is 12.3. The standard InChI is InChI=1S/C15H21N3OS/c1-4-16-11(2)14-6-5-13(7-15(14)19)18(3)8-12-9-20-10-17-12/h5-7,9-11,16,19H,4,8H2,1-3H3. The molecule has 0 aliphatic rings. The number of hydrogen-bond acceptors (Lipinski definition) is 5. The first-order chi connectivity index (χ1) is 9.61. The predicted molar refractivity (Wildman–Crippen MR) is 84.4 cm³/mol.